The predicted octanol–water partition coefficient (Wildman–Crippen LogP) is 1.31. The molecule has 0 spiro atoms. The normalized spacial score (nSPS) is 12.5. The number of likely N-dealkylation sites (N-methyl/N-ethyl adjacent to an activating group) is 1. The Morgan fingerprint density at radius 1 is 1.36 bits per heavy atom. The van der Waals surface area contributed by atoms with Crippen molar-refractivity contribution < 1.29 is 0 Å². The van der Waals surface area contributed by atoms with E-state index in [2.05, 4.69) is 32.7 Å². The van der Waals surface area contributed by atoms with E-state index >= 15 is 0 Å². The minimum absolute atomic E-state index is 0.434. The number of nitrogens with two attached hydrogens (primary N) is 1. The van der Waals surface area contributed by atoms with Gasteiger partial charge in [-0.15, -0.1) is 0 Å². The van der Waals surface area contributed by atoms with Gasteiger partial charge in [0.1, 0.15) is 0 Å². The summed E-state index contributed by atoms with van der Waals surface area (Å²) in [6.45, 7) is 9.72. The Morgan fingerprint density at radius 2 is 1.91 bits per heavy atom. The highest BCUT2D eigenvalue weighted by Gasteiger charge is 2.16. The second-order valence-electron chi connectivity index (χ2n) is 4.04. The first-order chi connectivity index (χ1) is 5.02. The molecule has 0 unspecified atom stereocenters. The Kier molecular flexibility index (Phi) is 4.69. The molecule has 2 nitrogen and oxygen atoms in total. The third kappa shape index (κ3) is 5.22. The van der Waals surface area contributed by atoms with Crippen LogP contribution in [0.1, 0.15) is 27.2 Å². The lowest BCUT2D eigenvalue weighted by Gasteiger charge is -2.28. The van der Waals surface area contributed by atoms with Gasteiger partial charge >= 0.3 is 0 Å². The van der Waals surface area contributed by atoms with E-state index in [0.29, 0.717) is 5.41 Å². The summed E-state index contributed by atoms with van der Waals surface area (Å²) >= 11 is 0. The summed E-state index contributed by atoms with van der Waals surface area (Å²) in [5.41, 5.74) is 5.88. The van der Waals surface area contributed by atoms with Gasteiger partial charge in [-0.05, 0) is 18.9 Å². The Bertz CT molecular complexity index is 99.7. The topological polar surface area (TPSA) is 29.3 Å². The lowest BCUT2D eigenvalue weighted by Crippen LogP contribution is -2.34. The van der Waals surface area contributed by atoms with Crippen LogP contribution in [0.3, 0.4) is 0 Å². The summed E-state index contributed by atoms with van der Waals surface area (Å²) in [5, 5.41) is 0. The average molecular weight is 158 g/mol. The van der Waals surface area contributed by atoms with E-state index in [0.717, 1.165) is 19.6 Å². The Labute approximate surface area is 70.8 Å². The van der Waals surface area contributed by atoms with E-state index in [-0.39, 0.29) is 0 Å². The zero-order valence-electron chi connectivity index (χ0n) is 8.35. The van der Waals surface area contributed by atoms with E-state index in [9.17, 15) is 0 Å². The van der Waals surface area contributed by atoms with Crippen LogP contribution in [0.2, 0.25) is 0 Å². The monoisotopic (exact) mass is 158 g/mol. The lowest BCUT2D eigenvalue weighted by atomic mass is 9.90. The lowest BCUT2D eigenvalue weighted by molar-refractivity contribution is 0.208. The van der Waals surface area contributed by atoms with Crippen molar-refractivity contribution in [2.24, 2.45) is 11.1 Å². The summed E-state index contributed by atoms with van der Waals surface area (Å²) < 4.78 is 0. The van der Waals surface area contributed by atoms with Crippen LogP contribution < -0.4 is 5.73 Å². The van der Waals surface area contributed by atoms with Gasteiger partial charge in [-0.25, -0.2) is 0 Å². The van der Waals surface area contributed by atoms with Crippen LogP contribution in [0.5, 0.6) is 0 Å². The first kappa shape index (κ1) is 10.9. The van der Waals surface area contributed by atoms with Crippen LogP contribution >= 0.6 is 0 Å². The van der Waals surface area contributed by atoms with Gasteiger partial charge in [0.2, 0.25) is 0 Å². The van der Waals surface area contributed by atoms with Crippen molar-refractivity contribution in [3.8, 4) is 0 Å². The van der Waals surface area contributed by atoms with Crippen molar-refractivity contribution in [2.45, 2.75) is 27.2 Å². The molecular formula is C9H22N2. The van der Waals surface area contributed by atoms with Gasteiger partial charge in [0, 0.05) is 19.6 Å². The molecule has 11 heavy (non-hydrogen) atoms. The summed E-state index contributed by atoms with van der Waals surface area (Å²) in [6, 6.07) is 0. The fourth-order valence-electron chi connectivity index (χ4n) is 1.14. The standard InChI is InChI=1S/C9H22N2/c1-5-9(2,3)8-11(4)7-6-10/h5-8,10H2,1-4H3. The van der Waals surface area contributed by atoms with Crippen LogP contribution in [-0.2, 0) is 0 Å². The molecule has 2 heteroatoms. The maximum absolute atomic E-state index is 5.45. The maximum atomic E-state index is 5.45. The largest absolute Gasteiger partial charge is 0.329 e. The number of nitrogens with zero attached hydrogens (tertiary/aromatic N) is 1. The van der Waals surface area contributed by atoms with Gasteiger partial charge in [-0.3, -0.25) is 0 Å². The van der Waals surface area contributed by atoms with Gasteiger partial charge in [0.05, 0.1) is 0 Å². The first-order valence-corrected chi connectivity index (χ1v) is 4.40. The molecule has 0 atom stereocenters. The third-order valence-electron chi connectivity index (χ3n) is 2.17. The molecule has 0 amide bonds. The molecule has 0 heterocycles. The van der Waals surface area contributed by atoms with E-state index in [1.165, 1.54) is 6.42 Å². The van der Waals surface area contributed by atoms with Crippen LogP contribution in [-0.4, -0.2) is 31.6 Å². The zero-order chi connectivity index (χ0) is 8.91. The van der Waals surface area contributed by atoms with Crippen LogP contribution in [0, 0.1) is 5.41 Å². The predicted molar refractivity (Wildman–Crippen MR) is 50.6 cm³/mol. The van der Waals surface area contributed by atoms with Crippen molar-refractivity contribution in [1.82, 2.24) is 4.90 Å². The molecule has 68 valence electrons. The van der Waals surface area contributed by atoms with Gasteiger partial charge in [-0.2, -0.15) is 0 Å². The van der Waals surface area contributed by atoms with Crippen molar-refractivity contribution in [1.29, 1.82) is 0 Å². The summed E-state index contributed by atoms with van der Waals surface area (Å²) in [4.78, 5) is 2.30. The summed E-state index contributed by atoms with van der Waals surface area (Å²) in [6.07, 6.45) is 1.22. The van der Waals surface area contributed by atoms with E-state index < -0.39 is 0 Å². The minimum atomic E-state index is 0.434. The van der Waals surface area contributed by atoms with Crippen LogP contribution in [0.25, 0.3) is 0 Å². The van der Waals surface area contributed by atoms with Crippen molar-refractivity contribution in [3.63, 3.8) is 0 Å². The molecule has 0 fully saturated rings. The molecule has 0 saturated carbocycles. The molecule has 0 aliphatic rings. The van der Waals surface area contributed by atoms with Gasteiger partial charge in [0.25, 0.3) is 0 Å². The van der Waals surface area contributed by atoms with E-state index in [1.807, 2.05) is 0 Å². The SMILES string of the molecule is CCC(C)(C)CN(C)CCN. The highest BCUT2D eigenvalue weighted by atomic mass is 15.1. The second kappa shape index (κ2) is 4.73. The summed E-state index contributed by atoms with van der Waals surface area (Å²) in [7, 11) is 2.13. The van der Waals surface area contributed by atoms with Crippen molar-refractivity contribution >= 4 is 0 Å². The van der Waals surface area contributed by atoms with Crippen molar-refractivity contribution in [3.05, 3.63) is 0 Å². The zero-order valence-corrected chi connectivity index (χ0v) is 8.35. The highest BCUT2D eigenvalue weighted by Crippen LogP contribution is 2.19. The third-order valence-corrected chi connectivity index (χ3v) is 2.17. The molecule has 0 aliphatic carbocycles. The molecule has 0 radical (unpaired) electrons. The van der Waals surface area contributed by atoms with Crippen molar-refractivity contribution in [2.75, 3.05) is 26.7 Å². The minimum Gasteiger partial charge on any atom is -0.329 e. The molecule has 0 aromatic rings. The first-order valence-electron chi connectivity index (χ1n) is 4.40. The number of hydrogen-bond acceptors (Lipinski definition) is 2. The molecule has 2 N–H and O–H groups in total. The second-order valence-corrected chi connectivity index (χ2v) is 4.04. The highest BCUT2D eigenvalue weighted by molar-refractivity contribution is 4.70. The molecule has 0 aliphatic heterocycles. The number of rotatable bonds is 5. The average Bonchev–Trinajstić information content (AvgIpc) is 1.87. The maximum Gasteiger partial charge on any atom is 0.0102 e. The van der Waals surface area contributed by atoms with Gasteiger partial charge in [-0.1, -0.05) is 20.8 Å². The number of hydrogen-bond donors (Lipinski definition) is 1. The van der Waals surface area contributed by atoms with Crippen LogP contribution in [0.15, 0.2) is 0 Å². The molecule has 0 aromatic carbocycles. The molecule has 0 rings (SSSR count). The Morgan fingerprint density at radius 3 is 2.27 bits per heavy atom. The quantitative estimate of drug-likeness (QED) is 0.653. The summed E-state index contributed by atoms with van der Waals surface area (Å²) in [5.74, 6) is 0. The van der Waals surface area contributed by atoms with E-state index in [4.69, 9.17) is 5.73 Å². The molecule has 0 bridgehead atoms. The molecule has 0 aromatic heterocycles. The smallest absolute Gasteiger partial charge is 0.0102 e. The fraction of sp³-hybridized carbons (Fsp3) is 1.00. The van der Waals surface area contributed by atoms with Gasteiger partial charge < -0.3 is 10.6 Å². The van der Waals surface area contributed by atoms with Gasteiger partial charge in [0.15, 0.2) is 0 Å². The Hall–Kier alpha value is -0.0800. The van der Waals surface area contributed by atoms with Crippen LogP contribution in [0.4, 0.5) is 0 Å². The molecule has 0 saturated heterocycles. The Balaban J connectivity index is 3.64. The molecular weight excluding hydrogens is 136 g/mol. The van der Waals surface area contributed by atoms with E-state index in [1.54, 1.807) is 0 Å². The fourth-order valence-corrected chi connectivity index (χ4v) is 1.14.